The van der Waals surface area contributed by atoms with Gasteiger partial charge < -0.3 is 5.73 Å². The van der Waals surface area contributed by atoms with Crippen LogP contribution < -0.4 is 5.73 Å². The van der Waals surface area contributed by atoms with Crippen molar-refractivity contribution in [2.24, 2.45) is 5.92 Å². The number of rotatable bonds is 3. The third-order valence-electron chi connectivity index (χ3n) is 3.66. The van der Waals surface area contributed by atoms with Crippen molar-refractivity contribution in [2.75, 3.05) is 12.3 Å². The second-order valence-electron chi connectivity index (χ2n) is 5.27. The Balaban J connectivity index is 2.12. The molecule has 3 heteroatoms. The van der Waals surface area contributed by atoms with Crippen LogP contribution in [0.1, 0.15) is 32.3 Å². The molecule has 0 aromatic heterocycles. The summed E-state index contributed by atoms with van der Waals surface area (Å²) in [6.07, 6.45) is 2.60. The maximum atomic E-state index is 6.03. The van der Waals surface area contributed by atoms with Gasteiger partial charge in [-0.3, -0.25) is 4.90 Å². The Kier molecular flexibility index (Phi) is 3.95. The van der Waals surface area contributed by atoms with Gasteiger partial charge in [0.1, 0.15) is 0 Å². The van der Waals surface area contributed by atoms with Crippen LogP contribution in [-0.2, 0) is 6.54 Å². The Morgan fingerprint density at radius 3 is 2.94 bits per heavy atom. The lowest BCUT2D eigenvalue weighted by molar-refractivity contribution is 0.199. The molecule has 0 amide bonds. The number of nitrogens with two attached hydrogens (primary N) is 1. The summed E-state index contributed by atoms with van der Waals surface area (Å²) in [6.45, 7) is 6.69. The zero-order chi connectivity index (χ0) is 12.4. The van der Waals surface area contributed by atoms with Crippen molar-refractivity contribution in [3.8, 4) is 0 Å². The average Bonchev–Trinajstić information content (AvgIpc) is 2.71. The van der Waals surface area contributed by atoms with Crippen LogP contribution in [0.25, 0.3) is 0 Å². The quantitative estimate of drug-likeness (QED) is 0.834. The molecule has 0 radical (unpaired) electrons. The molecule has 1 unspecified atom stereocenters. The van der Waals surface area contributed by atoms with Crippen molar-refractivity contribution < 1.29 is 0 Å². The highest BCUT2D eigenvalue weighted by atomic mass is 35.5. The van der Waals surface area contributed by atoms with E-state index in [0.717, 1.165) is 22.8 Å². The molecule has 2 nitrogen and oxygen atoms in total. The first-order chi connectivity index (χ1) is 8.08. The van der Waals surface area contributed by atoms with E-state index in [1.54, 1.807) is 0 Å². The van der Waals surface area contributed by atoms with E-state index in [1.807, 2.05) is 18.2 Å². The van der Waals surface area contributed by atoms with Crippen LogP contribution in [0.5, 0.6) is 0 Å². The molecule has 0 saturated carbocycles. The summed E-state index contributed by atoms with van der Waals surface area (Å²) in [6, 6.07) is 6.43. The summed E-state index contributed by atoms with van der Waals surface area (Å²) in [5.74, 6) is 0.706. The van der Waals surface area contributed by atoms with Crippen LogP contribution in [0, 0.1) is 5.92 Å². The molecule has 1 saturated heterocycles. The molecule has 17 heavy (non-hydrogen) atoms. The predicted octanol–water partition coefficient (Wildman–Crippen LogP) is 3.54. The standard InChI is InChI=1S/C14H21ClN2/c1-10(2)14-4-3-7-17(14)9-11-8-12(15)5-6-13(11)16/h5-6,8,10,14H,3-4,7,9,16H2,1-2H3. The maximum Gasteiger partial charge on any atom is 0.0410 e. The molecule has 94 valence electrons. The largest absolute Gasteiger partial charge is 0.398 e. The van der Waals surface area contributed by atoms with E-state index in [9.17, 15) is 0 Å². The number of hydrogen-bond acceptors (Lipinski definition) is 2. The lowest BCUT2D eigenvalue weighted by Crippen LogP contribution is -2.33. The number of likely N-dealkylation sites (tertiary alicyclic amines) is 1. The monoisotopic (exact) mass is 252 g/mol. The van der Waals surface area contributed by atoms with E-state index in [-0.39, 0.29) is 0 Å². The predicted molar refractivity (Wildman–Crippen MR) is 74.1 cm³/mol. The molecule has 1 atom stereocenters. The third kappa shape index (κ3) is 2.93. The molecule has 1 aliphatic rings. The average molecular weight is 253 g/mol. The fraction of sp³-hybridized carbons (Fsp3) is 0.571. The first kappa shape index (κ1) is 12.7. The summed E-state index contributed by atoms with van der Waals surface area (Å²) in [5, 5.41) is 0.773. The number of halogens is 1. The van der Waals surface area contributed by atoms with Gasteiger partial charge in [-0.2, -0.15) is 0 Å². The van der Waals surface area contributed by atoms with Gasteiger partial charge in [0, 0.05) is 23.3 Å². The van der Waals surface area contributed by atoms with Gasteiger partial charge in [0.25, 0.3) is 0 Å². The number of benzene rings is 1. The Labute approximate surface area is 109 Å². The summed E-state index contributed by atoms with van der Waals surface area (Å²) >= 11 is 6.03. The molecule has 2 rings (SSSR count). The summed E-state index contributed by atoms with van der Waals surface area (Å²) < 4.78 is 0. The fourth-order valence-corrected chi connectivity index (χ4v) is 2.93. The van der Waals surface area contributed by atoms with Crippen LogP contribution in [0.4, 0.5) is 5.69 Å². The molecule has 0 aliphatic carbocycles. The summed E-state index contributed by atoms with van der Waals surface area (Å²) in [4.78, 5) is 2.53. The van der Waals surface area contributed by atoms with Crippen LogP contribution in [0.15, 0.2) is 18.2 Å². The molecule has 0 spiro atoms. The lowest BCUT2D eigenvalue weighted by atomic mass is 10.0. The minimum atomic E-state index is 0.688. The second kappa shape index (κ2) is 5.28. The van der Waals surface area contributed by atoms with Gasteiger partial charge in [0.15, 0.2) is 0 Å². The number of nitrogens with zero attached hydrogens (tertiary/aromatic N) is 1. The van der Waals surface area contributed by atoms with Gasteiger partial charge >= 0.3 is 0 Å². The highest BCUT2D eigenvalue weighted by Crippen LogP contribution is 2.27. The van der Waals surface area contributed by atoms with E-state index in [4.69, 9.17) is 17.3 Å². The van der Waals surface area contributed by atoms with E-state index in [1.165, 1.54) is 19.4 Å². The Hall–Kier alpha value is -0.730. The Morgan fingerprint density at radius 2 is 2.24 bits per heavy atom. The van der Waals surface area contributed by atoms with Gasteiger partial charge in [-0.15, -0.1) is 0 Å². The zero-order valence-corrected chi connectivity index (χ0v) is 11.4. The number of nitrogen functional groups attached to an aromatic ring is 1. The van der Waals surface area contributed by atoms with E-state index >= 15 is 0 Å². The third-order valence-corrected chi connectivity index (χ3v) is 3.90. The van der Waals surface area contributed by atoms with Crippen molar-refractivity contribution in [3.63, 3.8) is 0 Å². The van der Waals surface area contributed by atoms with Gasteiger partial charge in [0.2, 0.25) is 0 Å². The molecule has 1 aromatic rings. The zero-order valence-electron chi connectivity index (χ0n) is 10.6. The minimum absolute atomic E-state index is 0.688. The van der Waals surface area contributed by atoms with E-state index in [2.05, 4.69) is 18.7 Å². The van der Waals surface area contributed by atoms with Crippen molar-refractivity contribution >= 4 is 17.3 Å². The molecule has 1 aliphatic heterocycles. The fourth-order valence-electron chi connectivity index (χ4n) is 2.73. The highest BCUT2D eigenvalue weighted by molar-refractivity contribution is 6.30. The molecule has 0 bridgehead atoms. The normalized spacial score (nSPS) is 21.3. The molecule has 1 fully saturated rings. The van der Waals surface area contributed by atoms with Crippen LogP contribution in [0.2, 0.25) is 5.02 Å². The first-order valence-electron chi connectivity index (χ1n) is 6.36. The van der Waals surface area contributed by atoms with Crippen molar-refractivity contribution in [3.05, 3.63) is 28.8 Å². The van der Waals surface area contributed by atoms with Crippen molar-refractivity contribution in [2.45, 2.75) is 39.3 Å². The molecule has 1 heterocycles. The Morgan fingerprint density at radius 1 is 1.47 bits per heavy atom. The van der Waals surface area contributed by atoms with E-state index < -0.39 is 0 Å². The van der Waals surface area contributed by atoms with Gasteiger partial charge in [-0.1, -0.05) is 25.4 Å². The number of anilines is 1. The van der Waals surface area contributed by atoms with Gasteiger partial charge in [-0.05, 0) is 49.1 Å². The highest BCUT2D eigenvalue weighted by Gasteiger charge is 2.27. The molecular formula is C14H21ClN2. The SMILES string of the molecule is CC(C)C1CCCN1Cc1cc(Cl)ccc1N. The first-order valence-corrected chi connectivity index (χ1v) is 6.73. The lowest BCUT2D eigenvalue weighted by Gasteiger charge is -2.28. The van der Waals surface area contributed by atoms with E-state index in [0.29, 0.717) is 12.0 Å². The summed E-state index contributed by atoms with van der Waals surface area (Å²) in [5.41, 5.74) is 8.01. The molecule has 2 N–H and O–H groups in total. The Bertz CT molecular complexity index is 390. The van der Waals surface area contributed by atoms with Crippen LogP contribution in [0.3, 0.4) is 0 Å². The summed E-state index contributed by atoms with van der Waals surface area (Å²) in [7, 11) is 0. The second-order valence-corrected chi connectivity index (χ2v) is 5.70. The van der Waals surface area contributed by atoms with Gasteiger partial charge in [-0.25, -0.2) is 0 Å². The smallest absolute Gasteiger partial charge is 0.0410 e. The minimum Gasteiger partial charge on any atom is -0.398 e. The van der Waals surface area contributed by atoms with Crippen molar-refractivity contribution in [1.82, 2.24) is 4.90 Å². The maximum absolute atomic E-state index is 6.03. The molecule has 1 aromatic carbocycles. The van der Waals surface area contributed by atoms with Crippen molar-refractivity contribution in [1.29, 1.82) is 0 Å². The van der Waals surface area contributed by atoms with Crippen LogP contribution in [-0.4, -0.2) is 17.5 Å². The topological polar surface area (TPSA) is 29.3 Å². The number of hydrogen-bond donors (Lipinski definition) is 1. The van der Waals surface area contributed by atoms with Crippen LogP contribution >= 0.6 is 11.6 Å². The molecular weight excluding hydrogens is 232 g/mol. The van der Waals surface area contributed by atoms with Gasteiger partial charge in [0.05, 0.1) is 0 Å².